The highest BCUT2D eigenvalue weighted by molar-refractivity contribution is 6.33. The summed E-state index contributed by atoms with van der Waals surface area (Å²) in [5.74, 6) is -0.0909. The van der Waals surface area contributed by atoms with Crippen LogP contribution in [-0.4, -0.2) is 22.8 Å². The molecule has 1 aromatic heterocycles. The fourth-order valence-corrected chi connectivity index (χ4v) is 2.76. The molecule has 0 radical (unpaired) electrons. The fourth-order valence-electron chi connectivity index (χ4n) is 2.56. The average molecular weight is 325 g/mol. The summed E-state index contributed by atoms with van der Waals surface area (Å²) < 4.78 is 0. The van der Waals surface area contributed by atoms with E-state index in [-0.39, 0.29) is 5.91 Å². The van der Waals surface area contributed by atoms with Crippen LogP contribution in [0.1, 0.15) is 21.5 Å². The van der Waals surface area contributed by atoms with Crippen molar-refractivity contribution in [2.45, 2.75) is 13.5 Å². The molecular weight excluding hydrogens is 308 g/mol. The molecule has 0 unspecified atom stereocenters. The van der Waals surface area contributed by atoms with Crippen LogP contribution in [0.3, 0.4) is 0 Å². The molecule has 0 aliphatic rings. The molecule has 116 valence electrons. The number of benzene rings is 2. The first-order valence-electron chi connectivity index (χ1n) is 7.40. The molecule has 1 heterocycles. The van der Waals surface area contributed by atoms with Crippen LogP contribution in [0.5, 0.6) is 0 Å². The van der Waals surface area contributed by atoms with Crippen molar-refractivity contribution in [2.24, 2.45) is 0 Å². The molecule has 0 saturated heterocycles. The van der Waals surface area contributed by atoms with Gasteiger partial charge in [-0.2, -0.15) is 0 Å². The van der Waals surface area contributed by atoms with Crippen LogP contribution in [-0.2, 0) is 6.54 Å². The van der Waals surface area contributed by atoms with Crippen LogP contribution in [0.2, 0.25) is 5.02 Å². The number of halogens is 1. The average Bonchev–Trinajstić information content (AvgIpc) is 2.56. The highest BCUT2D eigenvalue weighted by Crippen LogP contribution is 2.20. The molecule has 0 N–H and O–H groups in total. The van der Waals surface area contributed by atoms with E-state index in [1.54, 1.807) is 18.0 Å². The fraction of sp³-hybridized carbons (Fsp3) is 0.158. The summed E-state index contributed by atoms with van der Waals surface area (Å²) in [7, 11) is 1.77. The van der Waals surface area contributed by atoms with Gasteiger partial charge in [0.15, 0.2) is 0 Å². The van der Waals surface area contributed by atoms with Gasteiger partial charge in [0.2, 0.25) is 0 Å². The molecule has 3 aromatic rings. The van der Waals surface area contributed by atoms with E-state index >= 15 is 0 Å². The Morgan fingerprint density at radius 2 is 1.96 bits per heavy atom. The molecule has 3 nitrogen and oxygen atoms in total. The second-order valence-electron chi connectivity index (χ2n) is 5.68. The molecular formula is C19H17ClN2O. The summed E-state index contributed by atoms with van der Waals surface area (Å²) in [5.41, 5.74) is 3.48. The van der Waals surface area contributed by atoms with Crippen molar-refractivity contribution in [3.8, 4) is 0 Å². The van der Waals surface area contributed by atoms with Gasteiger partial charge in [0, 0.05) is 25.2 Å². The number of rotatable bonds is 3. The van der Waals surface area contributed by atoms with Crippen molar-refractivity contribution in [3.05, 3.63) is 76.4 Å². The van der Waals surface area contributed by atoms with Gasteiger partial charge < -0.3 is 4.90 Å². The van der Waals surface area contributed by atoms with E-state index in [4.69, 9.17) is 11.6 Å². The molecule has 0 aliphatic carbocycles. The smallest absolute Gasteiger partial charge is 0.255 e. The van der Waals surface area contributed by atoms with E-state index < -0.39 is 0 Å². The zero-order valence-corrected chi connectivity index (χ0v) is 13.8. The number of amides is 1. The Bertz CT molecular complexity index is 876. The standard InChI is InChI=1S/C19H17ClN2O/c1-13-7-8-17(20)16(9-13)19(23)22(2)12-14-10-15-5-3-4-6-18(15)21-11-14/h3-11H,12H2,1-2H3. The molecule has 0 atom stereocenters. The number of para-hydroxylation sites is 1. The number of carbonyl (C=O) groups is 1. The van der Waals surface area contributed by atoms with Gasteiger partial charge in [-0.3, -0.25) is 9.78 Å². The van der Waals surface area contributed by atoms with Crippen LogP contribution in [0.25, 0.3) is 10.9 Å². The minimum absolute atomic E-state index is 0.0909. The maximum atomic E-state index is 12.6. The lowest BCUT2D eigenvalue weighted by atomic mass is 10.1. The van der Waals surface area contributed by atoms with Gasteiger partial charge in [0.05, 0.1) is 16.1 Å². The summed E-state index contributed by atoms with van der Waals surface area (Å²) in [6.07, 6.45) is 1.81. The summed E-state index contributed by atoms with van der Waals surface area (Å²) in [6, 6.07) is 15.5. The van der Waals surface area contributed by atoms with E-state index in [1.165, 1.54) is 0 Å². The number of aryl methyl sites for hydroxylation is 1. The normalized spacial score (nSPS) is 10.7. The summed E-state index contributed by atoms with van der Waals surface area (Å²) >= 11 is 6.16. The molecule has 0 spiro atoms. The van der Waals surface area contributed by atoms with Crippen molar-refractivity contribution in [1.82, 2.24) is 9.88 Å². The van der Waals surface area contributed by atoms with E-state index in [1.807, 2.05) is 49.5 Å². The van der Waals surface area contributed by atoms with Crippen molar-refractivity contribution >= 4 is 28.4 Å². The Morgan fingerprint density at radius 3 is 2.78 bits per heavy atom. The SMILES string of the molecule is Cc1ccc(Cl)c(C(=O)N(C)Cc2cnc3ccccc3c2)c1. The quantitative estimate of drug-likeness (QED) is 0.712. The van der Waals surface area contributed by atoms with Gasteiger partial charge in [-0.1, -0.05) is 41.4 Å². The van der Waals surface area contributed by atoms with E-state index in [9.17, 15) is 4.79 Å². The molecule has 0 saturated carbocycles. The highest BCUT2D eigenvalue weighted by atomic mass is 35.5. The van der Waals surface area contributed by atoms with Crippen molar-refractivity contribution in [3.63, 3.8) is 0 Å². The van der Waals surface area contributed by atoms with Crippen molar-refractivity contribution in [2.75, 3.05) is 7.05 Å². The molecule has 3 rings (SSSR count). The Kier molecular flexibility index (Phi) is 4.30. The molecule has 0 aliphatic heterocycles. The minimum atomic E-state index is -0.0909. The van der Waals surface area contributed by atoms with Crippen LogP contribution in [0.15, 0.2) is 54.7 Å². The van der Waals surface area contributed by atoms with Gasteiger partial charge in [-0.05, 0) is 36.8 Å². The predicted octanol–water partition coefficient (Wildman–Crippen LogP) is 4.47. The minimum Gasteiger partial charge on any atom is -0.337 e. The lowest BCUT2D eigenvalue weighted by molar-refractivity contribution is 0.0785. The third-order valence-electron chi connectivity index (χ3n) is 3.77. The van der Waals surface area contributed by atoms with Gasteiger partial charge >= 0.3 is 0 Å². The summed E-state index contributed by atoms with van der Waals surface area (Å²) in [5, 5.41) is 1.54. The zero-order valence-electron chi connectivity index (χ0n) is 13.1. The highest BCUT2D eigenvalue weighted by Gasteiger charge is 2.15. The Hall–Kier alpha value is -2.39. The first-order valence-corrected chi connectivity index (χ1v) is 7.77. The lowest BCUT2D eigenvalue weighted by Gasteiger charge is -2.18. The van der Waals surface area contributed by atoms with Crippen molar-refractivity contribution in [1.29, 1.82) is 0 Å². The van der Waals surface area contributed by atoms with Crippen LogP contribution in [0, 0.1) is 6.92 Å². The monoisotopic (exact) mass is 324 g/mol. The number of fused-ring (bicyclic) bond motifs is 1. The maximum Gasteiger partial charge on any atom is 0.255 e. The number of hydrogen-bond donors (Lipinski definition) is 0. The Morgan fingerprint density at radius 1 is 1.17 bits per heavy atom. The number of carbonyl (C=O) groups excluding carboxylic acids is 1. The molecule has 2 aromatic carbocycles. The molecule has 23 heavy (non-hydrogen) atoms. The van der Waals surface area contributed by atoms with Crippen LogP contribution < -0.4 is 0 Å². The number of nitrogens with zero attached hydrogens (tertiary/aromatic N) is 2. The lowest BCUT2D eigenvalue weighted by Crippen LogP contribution is -2.26. The zero-order chi connectivity index (χ0) is 16.4. The van der Waals surface area contributed by atoms with E-state index in [2.05, 4.69) is 11.1 Å². The van der Waals surface area contributed by atoms with E-state index in [0.717, 1.165) is 22.0 Å². The third-order valence-corrected chi connectivity index (χ3v) is 4.10. The number of hydrogen-bond acceptors (Lipinski definition) is 2. The van der Waals surface area contributed by atoms with Gasteiger partial charge in [0.1, 0.15) is 0 Å². The molecule has 1 amide bonds. The summed E-state index contributed by atoms with van der Waals surface area (Å²) in [4.78, 5) is 18.7. The summed E-state index contributed by atoms with van der Waals surface area (Å²) in [6.45, 7) is 2.43. The van der Waals surface area contributed by atoms with Crippen LogP contribution >= 0.6 is 11.6 Å². The topological polar surface area (TPSA) is 33.2 Å². The number of aromatic nitrogens is 1. The molecule has 0 bridgehead atoms. The second kappa shape index (κ2) is 6.39. The largest absolute Gasteiger partial charge is 0.337 e. The first-order chi connectivity index (χ1) is 11.0. The Labute approximate surface area is 140 Å². The van der Waals surface area contributed by atoms with Crippen molar-refractivity contribution < 1.29 is 4.79 Å². The molecule has 0 fully saturated rings. The van der Waals surface area contributed by atoms with Gasteiger partial charge in [-0.25, -0.2) is 0 Å². The second-order valence-corrected chi connectivity index (χ2v) is 6.09. The Balaban J connectivity index is 1.83. The van der Waals surface area contributed by atoms with Gasteiger partial charge in [-0.15, -0.1) is 0 Å². The van der Waals surface area contributed by atoms with E-state index in [0.29, 0.717) is 17.1 Å². The van der Waals surface area contributed by atoms with Gasteiger partial charge in [0.25, 0.3) is 5.91 Å². The third kappa shape index (κ3) is 3.35. The number of pyridine rings is 1. The molecule has 4 heteroatoms. The van der Waals surface area contributed by atoms with Crippen LogP contribution in [0.4, 0.5) is 0 Å². The maximum absolute atomic E-state index is 12.6. The predicted molar refractivity (Wildman–Crippen MR) is 93.7 cm³/mol. The first kappa shape index (κ1) is 15.5.